The molecule has 1 amide bonds. The summed E-state index contributed by atoms with van der Waals surface area (Å²) in [6, 6.07) is 5.14. The molecule has 21 heavy (non-hydrogen) atoms. The molecule has 6 nitrogen and oxygen atoms in total. The zero-order valence-electron chi connectivity index (χ0n) is 11.4. The number of hydrogen-bond acceptors (Lipinski definition) is 4. The molecule has 116 valence electrons. The van der Waals surface area contributed by atoms with Crippen molar-refractivity contribution in [2.24, 2.45) is 10.9 Å². The number of halogens is 2. The number of alkyl halides is 2. The molecular weight excluding hydrogens is 284 g/mol. The van der Waals surface area contributed by atoms with E-state index in [9.17, 15) is 13.6 Å². The summed E-state index contributed by atoms with van der Waals surface area (Å²) < 4.78 is 28.5. The van der Waals surface area contributed by atoms with Gasteiger partial charge in [-0.05, 0) is 24.6 Å². The number of nitrogens with two attached hydrogens (primary N) is 1. The lowest BCUT2D eigenvalue weighted by atomic mass is 10.1. The van der Waals surface area contributed by atoms with Crippen molar-refractivity contribution in [3.05, 3.63) is 29.8 Å². The zero-order chi connectivity index (χ0) is 15.8. The second-order valence-corrected chi connectivity index (χ2v) is 4.28. The number of amides is 1. The first-order chi connectivity index (χ1) is 9.96. The third-order valence-corrected chi connectivity index (χ3v) is 2.73. The molecule has 0 aliphatic rings. The molecule has 1 aromatic carbocycles. The van der Waals surface area contributed by atoms with Crippen LogP contribution < -0.4 is 15.8 Å². The molecule has 1 unspecified atom stereocenters. The molecule has 0 aromatic heterocycles. The summed E-state index contributed by atoms with van der Waals surface area (Å²) in [5.41, 5.74) is 5.57. The third-order valence-electron chi connectivity index (χ3n) is 2.73. The van der Waals surface area contributed by atoms with Crippen LogP contribution in [0.4, 0.5) is 8.78 Å². The number of rotatable bonds is 7. The first-order valence-electron chi connectivity index (χ1n) is 6.28. The quantitative estimate of drug-likeness (QED) is 0.310. The number of ether oxygens (including phenoxy) is 1. The van der Waals surface area contributed by atoms with Crippen LogP contribution in [0.3, 0.4) is 0 Å². The lowest BCUT2D eigenvalue weighted by Crippen LogP contribution is -2.37. The van der Waals surface area contributed by atoms with Crippen molar-refractivity contribution < 1.29 is 23.5 Å². The Kier molecular flexibility index (Phi) is 6.38. The van der Waals surface area contributed by atoms with Crippen molar-refractivity contribution >= 4 is 11.7 Å². The molecule has 0 heterocycles. The molecule has 1 rings (SSSR count). The summed E-state index contributed by atoms with van der Waals surface area (Å²) in [6.45, 7) is -1.13. The van der Waals surface area contributed by atoms with Gasteiger partial charge in [0.1, 0.15) is 11.6 Å². The van der Waals surface area contributed by atoms with E-state index in [1.807, 2.05) is 6.92 Å². The highest BCUT2D eigenvalue weighted by molar-refractivity contribution is 5.95. The molecule has 0 radical (unpaired) electrons. The van der Waals surface area contributed by atoms with Crippen LogP contribution in [0.5, 0.6) is 5.75 Å². The summed E-state index contributed by atoms with van der Waals surface area (Å²) in [4.78, 5) is 12.0. The fraction of sp³-hybridized carbons (Fsp3) is 0.385. The van der Waals surface area contributed by atoms with E-state index in [1.54, 1.807) is 0 Å². The van der Waals surface area contributed by atoms with Crippen LogP contribution in [-0.2, 0) is 0 Å². The van der Waals surface area contributed by atoms with Crippen molar-refractivity contribution in [1.29, 1.82) is 0 Å². The van der Waals surface area contributed by atoms with Gasteiger partial charge in [0.25, 0.3) is 5.91 Å². The van der Waals surface area contributed by atoms with Gasteiger partial charge in [0.15, 0.2) is 0 Å². The third kappa shape index (κ3) is 5.64. The van der Waals surface area contributed by atoms with E-state index < -0.39 is 12.5 Å². The Hall–Kier alpha value is -2.38. The van der Waals surface area contributed by atoms with E-state index in [0.717, 1.165) is 0 Å². The first-order valence-corrected chi connectivity index (χ1v) is 6.28. The maximum absolute atomic E-state index is 12.1. The van der Waals surface area contributed by atoms with Gasteiger partial charge >= 0.3 is 6.61 Å². The predicted octanol–water partition coefficient (Wildman–Crippen LogP) is 1.93. The Bertz CT molecular complexity index is 509. The van der Waals surface area contributed by atoms with Crippen molar-refractivity contribution in [2.75, 3.05) is 0 Å². The van der Waals surface area contributed by atoms with E-state index in [1.165, 1.54) is 24.3 Å². The zero-order valence-corrected chi connectivity index (χ0v) is 11.4. The minimum absolute atomic E-state index is 0.00284. The van der Waals surface area contributed by atoms with Gasteiger partial charge in [-0.15, -0.1) is 0 Å². The van der Waals surface area contributed by atoms with Crippen LogP contribution in [0.2, 0.25) is 0 Å². The van der Waals surface area contributed by atoms with E-state index >= 15 is 0 Å². The molecule has 0 aliphatic heterocycles. The number of carbonyl (C=O) groups is 1. The van der Waals surface area contributed by atoms with Gasteiger partial charge < -0.3 is 21.0 Å². The predicted molar refractivity (Wildman–Crippen MR) is 72.6 cm³/mol. The highest BCUT2D eigenvalue weighted by Gasteiger charge is 2.15. The molecule has 0 bridgehead atoms. The second-order valence-electron chi connectivity index (χ2n) is 4.28. The van der Waals surface area contributed by atoms with Gasteiger partial charge in [-0.2, -0.15) is 8.78 Å². The minimum atomic E-state index is -2.95. The van der Waals surface area contributed by atoms with Gasteiger partial charge in [0.05, 0.1) is 0 Å². The van der Waals surface area contributed by atoms with Crippen LogP contribution in [0.25, 0.3) is 0 Å². The van der Waals surface area contributed by atoms with Gasteiger partial charge in [0, 0.05) is 18.0 Å². The summed E-state index contributed by atoms with van der Waals surface area (Å²) in [5, 5.41) is 14.0. The molecule has 4 N–H and O–H groups in total. The summed E-state index contributed by atoms with van der Waals surface area (Å²) in [6.07, 6.45) is 0.751. The van der Waals surface area contributed by atoms with Crippen molar-refractivity contribution in [3.63, 3.8) is 0 Å². The summed E-state index contributed by atoms with van der Waals surface area (Å²) >= 11 is 0. The Labute approximate surface area is 120 Å². The van der Waals surface area contributed by atoms with Crippen LogP contribution in [0.15, 0.2) is 29.4 Å². The fourth-order valence-electron chi connectivity index (χ4n) is 1.67. The van der Waals surface area contributed by atoms with Crippen molar-refractivity contribution in [1.82, 2.24) is 5.32 Å². The molecule has 1 aromatic rings. The lowest BCUT2D eigenvalue weighted by molar-refractivity contribution is -0.0498. The highest BCUT2D eigenvalue weighted by atomic mass is 19.3. The molecule has 0 saturated heterocycles. The topological polar surface area (TPSA) is 96.9 Å². The lowest BCUT2D eigenvalue weighted by Gasteiger charge is -2.16. The molecule has 0 saturated carbocycles. The van der Waals surface area contributed by atoms with E-state index in [0.29, 0.717) is 6.42 Å². The summed E-state index contributed by atoms with van der Waals surface area (Å²) in [7, 11) is 0. The minimum Gasteiger partial charge on any atom is -0.435 e. The van der Waals surface area contributed by atoms with E-state index in [-0.39, 0.29) is 29.6 Å². The molecule has 0 fully saturated rings. The van der Waals surface area contributed by atoms with E-state index in [2.05, 4.69) is 15.2 Å². The number of nitrogens with one attached hydrogen (secondary N) is 1. The van der Waals surface area contributed by atoms with Gasteiger partial charge in [-0.25, -0.2) is 0 Å². The summed E-state index contributed by atoms with van der Waals surface area (Å²) in [5.74, 6) is -0.550. The van der Waals surface area contributed by atoms with Gasteiger partial charge in [0.2, 0.25) is 0 Å². The molecule has 0 spiro atoms. The molecule has 0 aliphatic carbocycles. The SMILES string of the molecule is CCC(CC(N)=NO)NC(=O)c1cccc(OC(F)F)c1. The number of oxime groups is 1. The Morgan fingerprint density at radius 3 is 2.81 bits per heavy atom. The number of nitrogens with zero attached hydrogens (tertiary/aromatic N) is 1. The van der Waals surface area contributed by atoms with Crippen molar-refractivity contribution in [2.45, 2.75) is 32.4 Å². The number of amidine groups is 1. The molecule has 8 heteroatoms. The van der Waals surface area contributed by atoms with Crippen LogP contribution in [0, 0.1) is 0 Å². The van der Waals surface area contributed by atoms with E-state index in [4.69, 9.17) is 10.9 Å². The second kappa shape index (κ2) is 8.03. The fourth-order valence-corrected chi connectivity index (χ4v) is 1.67. The molecule has 1 atom stereocenters. The Morgan fingerprint density at radius 1 is 1.52 bits per heavy atom. The average Bonchev–Trinajstić information content (AvgIpc) is 2.45. The first kappa shape index (κ1) is 16.7. The average molecular weight is 301 g/mol. The maximum Gasteiger partial charge on any atom is 0.387 e. The number of hydrogen-bond donors (Lipinski definition) is 3. The standard InChI is InChI=1S/C13H17F2N3O3/c1-2-9(7-11(16)18-20)17-12(19)8-4-3-5-10(6-8)21-13(14)15/h3-6,9,13,20H,2,7H2,1H3,(H2,16,18)(H,17,19). The van der Waals surface area contributed by atoms with Gasteiger partial charge in [-0.3, -0.25) is 4.79 Å². The highest BCUT2D eigenvalue weighted by Crippen LogP contribution is 2.16. The normalized spacial score (nSPS) is 13.0. The molecular formula is C13H17F2N3O3. The van der Waals surface area contributed by atoms with Crippen LogP contribution in [0.1, 0.15) is 30.1 Å². The van der Waals surface area contributed by atoms with Crippen molar-refractivity contribution in [3.8, 4) is 5.75 Å². The largest absolute Gasteiger partial charge is 0.435 e. The Morgan fingerprint density at radius 2 is 2.24 bits per heavy atom. The number of benzene rings is 1. The smallest absolute Gasteiger partial charge is 0.387 e. The number of carbonyl (C=O) groups excluding carboxylic acids is 1. The van der Waals surface area contributed by atoms with Gasteiger partial charge in [-0.1, -0.05) is 18.1 Å². The Balaban J connectivity index is 2.74. The monoisotopic (exact) mass is 301 g/mol. The van der Waals surface area contributed by atoms with Crippen LogP contribution >= 0.6 is 0 Å². The maximum atomic E-state index is 12.1. The van der Waals surface area contributed by atoms with Crippen LogP contribution in [-0.4, -0.2) is 29.6 Å².